The summed E-state index contributed by atoms with van der Waals surface area (Å²) in [5.74, 6) is 1.03. The lowest BCUT2D eigenvalue weighted by molar-refractivity contribution is -0.190. The summed E-state index contributed by atoms with van der Waals surface area (Å²) in [4.78, 5) is 22.2. The van der Waals surface area contributed by atoms with Crippen molar-refractivity contribution in [2.75, 3.05) is 37.7 Å². The molecule has 4 heterocycles. The van der Waals surface area contributed by atoms with Gasteiger partial charge in [0.1, 0.15) is 5.82 Å². The molecule has 1 aromatic carbocycles. The molecular formula is C28H37N3O3. The second-order valence-electron chi connectivity index (χ2n) is 9.96. The van der Waals surface area contributed by atoms with Gasteiger partial charge in [-0.2, -0.15) is 0 Å². The molecule has 1 amide bonds. The molecule has 1 spiro atoms. The van der Waals surface area contributed by atoms with Gasteiger partial charge in [0.2, 0.25) is 0 Å². The van der Waals surface area contributed by atoms with Crippen molar-refractivity contribution in [1.82, 2.24) is 9.88 Å². The first-order valence-corrected chi connectivity index (χ1v) is 13.0. The van der Waals surface area contributed by atoms with Gasteiger partial charge in [-0.25, -0.2) is 4.98 Å². The largest absolute Gasteiger partial charge is 0.378 e. The van der Waals surface area contributed by atoms with Crippen molar-refractivity contribution in [2.45, 2.75) is 69.7 Å². The van der Waals surface area contributed by atoms with Crippen LogP contribution in [-0.4, -0.2) is 60.3 Å². The van der Waals surface area contributed by atoms with Crippen molar-refractivity contribution in [1.29, 1.82) is 0 Å². The number of ether oxygens (including phenoxy) is 2. The summed E-state index contributed by atoms with van der Waals surface area (Å²) in [5.41, 5.74) is 1.73. The summed E-state index contributed by atoms with van der Waals surface area (Å²) in [5, 5.41) is 0. The van der Waals surface area contributed by atoms with Crippen LogP contribution in [0.1, 0.15) is 73.9 Å². The average Bonchev–Trinajstić information content (AvgIpc) is 2.90. The monoisotopic (exact) mass is 463 g/mol. The van der Waals surface area contributed by atoms with E-state index in [0.29, 0.717) is 19.7 Å². The maximum atomic E-state index is 13.4. The number of amides is 1. The zero-order chi connectivity index (χ0) is 23.4. The Balaban J connectivity index is 1.26. The predicted molar refractivity (Wildman–Crippen MR) is 133 cm³/mol. The molecule has 0 bridgehead atoms. The van der Waals surface area contributed by atoms with Gasteiger partial charge in [0.05, 0.1) is 17.8 Å². The average molecular weight is 464 g/mol. The molecule has 0 radical (unpaired) electrons. The third kappa shape index (κ3) is 5.13. The van der Waals surface area contributed by atoms with Crippen LogP contribution in [0.3, 0.4) is 0 Å². The second-order valence-corrected chi connectivity index (χ2v) is 9.96. The summed E-state index contributed by atoms with van der Waals surface area (Å²) in [6, 6.07) is 14.3. The summed E-state index contributed by atoms with van der Waals surface area (Å²) < 4.78 is 12.9. The summed E-state index contributed by atoms with van der Waals surface area (Å²) in [6.45, 7) is 6.25. The number of hydrogen-bond acceptors (Lipinski definition) is 5. The lowest BCUT2D eigenvalue weighted by atomic mass is 9.80. The summed E-state index contributed by atoms with van der Waals surface area (Å²) >= 11 is 0. The molecule has 0 unspecified atom stereocenters. The molecule has 0 saturated carbocycles. The van der Waals surface area contributed by atoms with Crippen LogP contribution in [-0.2, 0) is 9.47 Å². The van der Waals surface area contributed by atoms with Gasteiger partial charge < -0.3 is 19.3 Å². The fourth-order valence-corrected chi connectivity index (χ4v) is 5.84. The SMILES string of the molecule is CCO[C@H]1C[C@@H](c2ccccc2)OC2(CCN(C(=O)c3ccnc(N4CCCCC4)c3)CC2)C1. The number of carbonyl (C=O) groups excluding carboxylic acids is 1. The highest BCUT2D eigenvalue weighted by Gasteiger charge is 2.45. The molecular weight excluding hydrogens is 426 g/mol. The van der Waals surface area contributed by atoms with E-state index in [2.05, 4.69) is 41.1 Å². The zero-order valence-electron chi connectivity index (χ0n) is 20.3. The van der Waals surface area contributed by atoms with Gasteiger partial charge in [-0.1, -0.05) is 30.3 Å². The van der Waals surface area contributed by atoms with Crippen LogP contribution in [0.5, 0.6) is 0 Å². The van der Waals surface area contributed by atoms with Gasteiger partial charge in [-0.3, -0.25) is 4.79 Å². The Morgan fingerprint density at radius 1 is 1.09 bits per heavy atom. The van der Waals surface area contributed by atoms with Crippen LogP contribution in [0.2, 0.25) is 0 Å². The molecule has 34 heavy (non-hydrogen) atoms. The summed E-state index contributed by atoms with van der Waals surface area (Å²) in [6.07, 6.45) is 9.16. The normalized spacial score (nSPS) is 24.9. The molecule has 0 aliphatic carbocycles. The number of aromatic nitrogens is 1. The molecule has 3 aliphatic rings. The van der Waals surface area contributed by atoms with Crippen molar-refractivity contribution >= 4 is 11.7 Å². The molecule has 3 fully saturated rings. The standard InChI is InChI=1S/C28H37N3O3/c1-2-33-24-20-25(22-9-5-3-6-10-22)34-28(21-24)12-17-31(18-13-28)27(32)23-11-14-29-26(19-23)30-15-7-4-8-16-30/h3,5-6,9-11,14,19,24-25H,2,4,7-8,12-13,15-18,20-21H2,1H3/t24-,25-/m0/s1. The maximum Gasteiger partial charge on any atom is 0.254 e. The maximum absolute atomic E-state index is 13.4. The number of piperidine rings is 2. The van der Waals surface area contributed by atoms with Gasteiger partial charge in [0, 0.05) is 57.4 Å². The van der Waals surface area contributed by atoms with E-state index in [0.717, 1.165) is 50.2 Å². The molecule has 2 atom stereocenters. The number of benzene rings is 1. The predicted octanol–water partition coefficient (Wildman–Crippen LogP) is 5.00. The van der Waals surface area contributed by atoms with E-state index in [1.807, 2.05) is 23.1 Å². The molecule has 3 aliphatic heterocycles. The molecule has 5 rings (SSSR count). The zero-order valence-corrected chi connectivity index (χ0v) is 20.3. The van der Waals surface area contributed by atoms with E-state index in [1.54, 1.807) is 6.20 Å². The number of likely N-dealkylation sites (tertiary alicyclic amines) is 1. The van der Waals surface area contributed by atoms with Gasteiger partial charge in [-0.05, 0) is 56.7 Å². The van der Waals surface area contributed by atoms with Crippen molar-refractivity contribution in [2.24, 2.45) is 0 Å². The van der Waals surface area contributed by atoms with E-state index in [9.17, 15) is 4.79 Å². The highest BCUT2D eigenvalue weighted by atomic mass is 16.5. The van der Waals surface area contributed by atoms with Crippen LogP contribution in [0.25, 0.3) is 0 Å². The quantitative estimate of drug-likeness (QED) is 0.624. The van der Waals surface area contributed by atoms with E-state index in [4.69, 9.17) is 9.47 Å². The number of anilines is 1. The lowest BCUT2D eigenvalue weighted by Crippen LogP contribution is -2.52. The minimum absolute atomic E-state index is 0.0426. The highest BCUT2D eigenvalue weighted by Crippen LogP contribution is 2.44. The number of carbonyl (C=O) groups is 1. The van der Waals surface area contributed by atoms with Crippen LogP contribution in [0.4, 0.5) is 5.82 Å². The van der Waals surface area contributed by atoms with E-state index >= 15 is 0 Å². The smallest absolute Gasteiger partial charge is 0.254 e. The van der Waals surface area contributed by atoms with Crippen molar-refractivity contribution in [3.05, 3.63) is 59.8 Å². The molecule has 6 nitrogen and oxygen atoms in total. The Morgan fingerprint density at radius 3 is 2.59 bits per heavy atom. The van der Waals surface area contributed by atoms with Gasteiger partial charge in [0.15, 0.2) is 0 Å². The molecule has 1 aromatic heterocycles. The van der Waals surface area contributed by atoms with Crippen LogP contribution >= 0.6 is 0 Å². The number of pyridine rings is 1. The van der Waals surface area contributed by atoms with Gasteiger partial charge in [-0.15, -0.1) is 0 Å². The Labute approximate surface area is 203 Å². The molecule has 0 N–H and O–H groups in total. The third-order valence-electron chi connectivity index (χ3n) is 7.68. The van der Waals surface area contributed by atoms with Crippen LogP contribution in [0.15, 0.2) is 48.7 Å². The number of nitrogens with zero attached hydrogens (tertiary/aromatic N) is 3. The minimum atomic E-state index is -0.230. The Morgan fingerprint density at radius 2 is 1.85 bits per heavy atom. The van der Waals surface area contributed by atoms with Gasteiger partial charge in [0.25, 0.3) is 5.91 Å². The molecule has 182 valence electrons. The van der Waals surface area contributed by atoms with Gasteiger partial charge >= 0.3 is 0 Å². The van der Waals surface area contributed by atoms with Crippen LogP contribution < -0.4 is 4.90 Å². The molecule has 2 aromatic rings. The Hall–Kier alpha value is -2.44. The fraction of sp³-hybridized carbons (Fsp3) is 0.571. The third-order valence-corrected chi connectivity index (χ3v) is 7.68. The highest BCUT2D eigenvalue weighted by molar-refractivity contribution is 5.95. The van der Waals surface area contributed by atoms with Crippen molar-refractivity contribution < 1.29 is 14.3 Å². The van der Waals surface area contributed by atoms with Crippen LogP contribution in [0, 0.1) is 0 Å². The number of hydrogen-bond donors (Lipinski definition) is 0. The first-order valence-electron chi connectivity index (χ1n) is 13.0. The Kier molecular flexibility index (Phi) is 7.16. The van der Waals surface area contributed by atoms with Crippen molar-refractivity contribution in [3.63, 3.8) is 0 Å². The summed E-state index contributed by atoms with van der Waals surface area (Å²) in [7, 11) is 0. The lowest BCUT2D eigenvalue weighted by Gasteiger charge is -2.48. The Bertz CT molecular complexity index is 952. The molecule has 6 heteroatoms. The van der Waals surface area contributed by atoms with E-state index in [-0.39, 0.29) is 23.7 Å². The molecule has 3 saturated heterocycles. The van der Waals surface area contributed by atoms with E-state index in [1.165, 1.54) is 24.8 Å². The fourth-order valence-electron chi connectivity index (χ4n) is 5.84. The first-order chi connectivity index (χ1) is 16.7. The van der Waals surface area contributed by atoms with E-state index < -0.39 is 0 Å². The first kappa shape index (κ1) is 23.3. The second kappa shape index (κ2) is 10.4. The topological polar surface area (TPSA) is 54.9 Å². The number of rotatable bonds is 5. The minimum Gasteiger partial charge on any atom is -0.378 e. The van der Waals surface area contributed by atoms with Crippen molar-refractivity contribution in [3.8, 4) is 0 Å².